The Morgan fingerprint density at radius 3 is 2.58 bits per heavy atom. The molecule has 6 nitrogen and oxygen atoms in total. The number of carbonyl (C=O) groups is 1. The fraction of sp³-hybridized carbons (Fsp3) is 0.333. The molecular formula is C27H28N2O4. The third kappa shape index (κ3) is 4.65. The largest absolute Gasteiger partial charge is 0.490 e. The maximum absolute atomic E-state index is 12.3. The van der Waals surface area contributed by atoms with Crippen LogP contribution >= 0.6 is 0 Å². The number of ether oxygens (including phenoxy) is 2. The minimum Gasteiger partial charge on any atom is -0.490 e. The van der Waals surface area contributed by atoms with Crippen LogP contribution in [0.1, 0.15) is 33.6 Å². The molecule has 1 aliphatic heterocycles. The first kappa shape index (κ1) is 21.3. The van der Waals surface area contributed by atoms with Gasteiger partial charge >= 0.3 is 6.09 Å². The van der Waals surface area contributed by atoms with E-state index in [1.165, 1.54) is 0 Å². The van der Waals surface area contributed by atoms with Crippen LogP contribution in [0.5, 0.6) is 5.75 Å². The highest BCUT2D eigenvalue weighted by molar-refractivity contribution is 5.97. The molecule has 4 aromatic rings. The van der Waals surface area contributed by atoms with Gasteiger partial charge in [0.1, 0.15) is 28.8 Å². The van der Waals surface area contributed by atoms with Crippen LogP contribution in [-0.2, 0) is 4.74 Å². The van der Waals surface area contributed by atoms with Crippen LogP contribution in [0.4, 0.5) is 4.79 Å². The molecule has 0 spiro atoms. The Labute approximate surface area is 193 Å². The number of piperidine rings is 1. The fourth-order valence-electron chi connectivity index (χ4n) is 4.20. The third-order valence-corrected chi connectivity index (χ3v) is 5.82. The van der Waals surface area contributed by atoms with Gasteiger partial charge in [-0.2, -0.15) is 0 Å². The summed E-state index contributed by atoms with van der Waals surface area (Å²) in [6, 6.07) is 16.1. The number of hydrogen-bond acceptors (Lipinski definition) is 5. The number of para-hydroxylation sites is 1. The summed E-state index contributed by atoms with van der Waals surface area (Å²) in [5, 5.41) is 3.13. The van der Waals surface area contributed by atoms with Crippen molar-refractivity contribution in [2.75, 3.05) is 13.1 Å². The molecule has 0 saturated carbocycles. The number of hydrogen-bond donors (Lipinski definition) is 0. The Balaban J connectivity index is 1.33. The van der Waals surface area contributed by atoms with Gasteiger partial charge in [0, 0.05) is 54.7 Å². The lowest BCUT2D eigenvalue weighted by molar-refractivity contribution is 0.0127. The predicted molar refractivity (Wildman–Crippen MR) is 128 cm³/mol. The topological polar surface area (TPSA) is 64.8 Å². The van der Waals surface area contributed by atoms with Crippen molar-refractivity contribution in [2.45, 2.75) is 45.3 Å². The van der Waals surface area contributed by atoms with Gasteiger partial charge in [0.05, 0.1) is 0 Å². The van der Waals surface area contributed by atoms with Crippen molar-refractivity contribution in [1.82, 2.24) is 9.88 Å². The molecule has 3 heterocycles. The maximum atomic E-state index is 12.3. The van der Waals surface area contributed by atoms with E-state index < -0.39 is 5.60 Å². The van der Waals surface area contributed by atoms with Crippen LogP contribution in [0, 0.1) is 0 Å². The van der Waals surface area contributed by atoms with E-state index in [0.29, 0.717) is 13.1 Å². The number of benzene rings is 2. The van der Waals surface area contributed by atoms with E-state index in [0.717, 1.165) is 51.7 Å². The minimum absolute atomic E-state index is 0.0534. The number of rotatable bonds is 3. The van der Waals surface area contributed by atoms with E-state index >= 15 is 0 Å². The molecule has 0 radical (unpaired) electrons. The molecule has 0 N–H and O–H groups in total. The lowest BCUT2D eigenvalue weighted by Gasteiger charge is -2.33. The van der Waals surface area contributed by atoms with Gasteiger partial charge in [-0.1, -0.05) is 18.2 Å². The zero-order valence-corrected chi connectivity index (χ0v) is 19.2. The monoisotopic (exact) mass is 444 g/mol. The van der Waals surface area contributed by atoms with E-state index in [9.17, 15) is 4.79 Å². The standard InChI is InChI=1S/C27H28N2O4/c1-27(2,3)33-26(30)29-12-10-20(11-13-29)31-21-9-8-19-16-28-17-23(22(19)15-21)25-14-18-6-4-5-7-24(18)32-25/h4-9,14-17,20H,10-13H2,1-3H3. The van der Waals surface area contributed by atoms with Gasteiger partial charge < -0.3 is 18.8 Å². The molecule has 33 heavy (non-hydrogen) atoms. The van der Waals surface area contributed by atoms with Gasteiger partial charge in [0.2, 0.25) is 0 Å². The van der Waals surface area contributed by atoms with E-state index in [1.54, 1.807) is 4.90 Å². The molecule has 1 aliphatic rings. The summed E-state index contributed by atoms with van der Waals surface area (Å²) >= 11 is 0. The fourth-order valence-corrected chi connectivity index (χ4v) is 4.20. The van der Waals surface area contributed by atoms with Gasteiger partial charge in [0.15, 0.2) is 0 Å². The molecule has 6 heteroatoms. The molecule has 1 fully saturated rings. The molecule has 0 aliphatic carbocycles. The number of aromatic nitrogens is 1. The number of pyridine rings is 1. The van der Waals surface area contributed by atoms with Gasteiger partial charge in [0.25, 0.3) is 0 Å². The normalized spacial score (nSPS) is 15.2. The number of fused-ring (bicyclic) bond motifs is 2. The van der Waals surface area contributed by atoms with Gasteiger partial charge in [-0.15, -0.1) is 0 Å². The van der Waals surface area contributed by atoms with Crippen molar-refractivity contribution < 1.29 is 18.7 Å². The van der Waals surface area contributed by atoms with Crippen LogP contribution in [0.3, 0.4) is 0 Å². The number of furan rings is 1. The summed E-state index contributed by atoms with van der Waals surface area (Å²) in [5.41, 5.74) is 1.31. The van der Waals surface area contributed by atoms with Crippen molar-refractivity contribution in [1.29, 1.82) is 0 Å². The quantitative estimate of drug-likeness (QED) is 0.364. The molecule has 2 aromatic heterocycles. The smallest absolute Gasteiger partial charge is 0.410 e. The zero-order chi connectivity index (χ0) is 23.0. The highest BCUT2D eigenvalue weighted by Crippen LogP contribution is 2.34. The number of amides is 1. The summed E-state index contributed by atoms with van der Waals surface area (Å²) in [6.07, 6.45) is 5.02. The Morgan fingerprint density at radius 1 is 1.03 bits per heavy atom. The first-order valence-electron chi connectivity index (χ1n) is 11.4. The van der Waals surface area contributed by atoms with Crippen molar-refractivity contribution >= 4 is 27.8 Å². The van der Waals surface area contributed by atoms with Crippen molar-refractivity contribution in [3.63, 3.8) is 0 Å². The van der Waals surface area contributed by atoms with Gasteiger partial charge in [-0.3, -0.25) is 4.98 Å². The zero-order valence-electron chi connectivity index (χ0n) is 19.2. The van der Waals surface area contributed by atoms with Gasteiger partial charge in [-0.25, -0.2) is 4.79 Å². The minimum atomic E-state index is -0.484. The average molecular weight is 445 g/mol. The van der Waals surface area contributed by atoms with E-state index in [-0.39, 0.29) is 12.2 Å². The Hall–Kier alpha value is -3.54. The lowest BCUT2D eigenvalue weighted by atomic mass is 10.0. The molecule has 2 aromatic carbocycles. The summed E-state index contributed by atoms with van der Waals surface area (Å²) in [5.74, 6) is 1.60. The molecular weight excluding hydrogens is 416 g/mol. The predicted octanol–water partition coefficient (Wildman–Crippen LogP) is 6.43. The highest BCUT2D eigenvalue weighted by Gasteiger charge is 2.27. The molecule has 0 atom stereocenters. The Bertz CT molecular complexity index is 1260. The second-order valence-electron chi connectivity index (χ2n) is 9.50. The lowest BCUT2D eigenvalue weighted by Crippen LogP contribution is -2.44. The molecule has 5 rings (SSSR count). The first-order valence-corrected chi connectivity index (χ1v) is 11.4. The number of likely N-dealkylation sites (tertiary alicyclic amines) is 1. The summed E-state index contributed by atoms with van der Waals surface area (Å²) in [6.45, 7) is 6.91. The maximum Gasteiger partial charge on any atom is 0.410 e. The van der Waals surface area contributed by atoms with Crippen molar-refractivity contribution in [3.8, 4) is 17.1 Å². The summed E-state index contributed by atoms with van der Waals surface area (Å²) in [4.78, 5) is 18.5. The second-order valence-corrected chi connectivity index (χ2v) is 9.50. The highest BCUT2D eigenvalue weighted by atomic mass is 16.6. The summed E-state index contributed by atoms with van der Waals surface area (Å²) < 4.78 is 17.9. The Kier molecular flexibility index (Phi) is 5.44. The van der Waals surface area contributed by atoms with Crippen LogP contribution < -0.4 is 4.74 Å². The van der Waals surface area contributed by atoms with Crippen molar-refractivity contribution in [3.05, 3.63) is 60.9 Å². The van der Waals surface area contributed by atoms with E-state index in [1.807, 2.05) is 75.6 Å². The first-order chi connectivity index (χ1) is 15.9. The molecule has 1 saturated heterocycles. The SMILES string of the molecule is CC(C)(C)OC(=O)N1CCC(Oc2ccc3cncc(-c4cc5ccccc5o4)c3c2)CC1. The molecule has 170 valence electrons. The van der Waals surface area contributed by atoms with Crippen LogP contribution in [0.15, 0.2) is 65.3 Å². The second kappa shape index (κ2) is 8.43. The van der Waals surface area contributed by atoms with Gasteiger partial charge in [-0.05, 0) is 56.5 Å². The van der Waals surface area contributed by atoms with E-state index in [4.69, 9.17) is 13.9 Å². The number of carbonyl (C=O) groups excluding carboxylic acids is 1. The molecule has 0 unspecified atom stereocenters. The van der Waals surface area contributed by atoms with Crippen LogP contribution in [-0.4, -0.2) is 40.8 Å². The number of nitrogens with zero attached hydrogens (tertiary/aromatic N) is 2. The molecule has 1 amide bonds. The van der Waals surface area contributed by atoms with E-state index in [2.05, 4.69) is 11.1 Å². The van der Waals surface area contributed by atoms with Crippen LogP contribution in [0.2, 0.25) is 0 Å². The summed E-state index contributed by atoms with van der Waals surface area (Å²) in [7, 11) is 0. The average Bonchev–Trinajstić information content (AvgIpc) is 3.22. The Morgan fingerprint density at radius 2 is 1.82 bits per heavy atom. The van der Waals surface area contributed by atoms with Crippen LogP contribution in [0.25, 0.3) is 33.1 Å². The molecule has 0 bridgehead atoms. The third-order valence-electron chi connectivity index (χ3n) is 5.82. The van der Waals surface area contributed by atoms with Crippen molar-refractivity contribution in [2.24, 2.45) is 0 Å².